The van der Waals surface area contributed by atoms with Crippen LogP contribution in [0.2, 0.25) is 0 Å². The maximum absolute atomic E-state index is 13.0. The summed E-state index contributed by atoms with van der Waals surface area (Å²) >= 11 is 0. The Balaban J connectivity index is 2.19. The number of nitro benzene ring substituents is 1. The smallest absolute Gasteiger partial charge is 0.340 e. The molecule has 8 nitrogen and oxygen atoms in total. The van der Waals surface area contributed by atoms with Crippen molar-refractivity contribution in [2.45, 2.75) is 13.8 Å². The maximum atomic E-state index is 13.0. The van der Waals surface area contributed by atoms with Gasteiger partial charge in [-0.05, 0) is 32.0 Å². The van der Waals surface area contributed by atoms with Crippen molar-refractivity contribution in [3.05, 3.63) is 81.2 Å². The minimum atomic E-state index is -0.626. The van der Waals surface area contributed by atoms with Crippen molar-refractivity contribution in [2.24, 2.45) is 0 Å². The summed E-state index contributed by atoms with van der Waals surface area (Å²) in [6.45, 7) is 3.21. The van der Waals surface area contributed by atoms with E-state index in [-0.39, 0.29) is 34.9 Å². The van der Waals surface area contributed by atoms with Crippen LogP contribution in [0.15, 0.2) is 48.7 Å². The first kappa shape index (κ1) is 19.0. The molecular formula is C20H16N2O6. The van der Waals surface area contributed by atoms with Crippen LogP contribution in [0.3, 0.4) is 0 Å². The predicted octanol–water partition coefficient (Wildman–Crippen LogP) is 3.46. The van der Waals surface area contributed by atoms with Crippen molar-refractivity contribution in [3.8, 4) is 0 Å². The quantitative estimate of drug-likeness (QED) is 0.280. The molecule has 0 aliphatic carbocycles. The topological polar surface area (TPSA) is 108 Å². The van der Waals surface area contributed by atoms with E-state index in [9.17, 15) is 24.5 Å². The molecule has 142 valence electrons. The normalized spacial score (nSPS) is 10.6. The van der Waals surface area contributed by atoms with Gasteiger partial charge in [-0.25, -0.2) is 4.79 Å². The zero-order valence-corrected chi connectivity index (χ0v) is 15.2. The third-order valence-electron chi connectivity index (χ3n) is 4.23. The Hall–Kier alpha value is -3.81. The fourth-order valence-corrected chi connectivity index (χ4v) is 2.87. The molecule has 0 aliphatic heterocycles. The van der Waals surface area contributed by atoms with Crippen LogP contribution in [0, 0.1) is 10.1 Å². The standard InChI is InChI=1S/C20H16N2O6/c1-3-28-20(25)16-11-18(21-8-7-13(12(2)23)10-17(16)21)19(24)14-5-4-6-15(9-14)22(26)27/h4-11H,3H2,1-2H3. The van der Waals surface area contributed by atoms with Gasteiger partial charge in [-0.1, -0.05) is 12.1 Å². The van der Waals surface area contributed by atoms with E-state index >= 15 is 0 Å². The summed E-state index contributed by atoms with van der Waals surface area (Å²) in [6.07, 6.45) is 1.51. The van der Waals surface area contributed by atoms with E-state index in [4.69, 9.17) is 4.74 Å². The number of Topliss-reactive ketones (excluding diaryl/α,β-unsaturated/α-hetero) is 1. The van der Waals surface area contributed by atoms with E-state index in [0.717, 1.165) is 0 Å². The van der Waals surface area contributed by atoms with E-state index < -0.39 is 16.7 Å². The van der Waals surface area contributed by atoms with Gasteiger partial charge in [0.05, 0.1) is 28.3 Å². The number of benzene rings is 1. The Morgan fingerprint density at radius 3 is 2.50 bits per heavy atom. The minimum absolute atomic E-state index is 0.111. The van der Waals surface area contributed by atoms with Gasteiger partial charge in [0, 0.05) is 29.5 Å². The summed E-state index contributed by atoms with van der Waals surface area (Å²) in [5.41, 5.74) is 0.897. The summed E-state index contributed by atoms with van der Waals surface area (Å²) in [4.78, 5) is 47.4. The van der Waals surface area contributed by atoms with Crippen molar-refractivity contribution >= 4 is 28.7 Å². The number of ketones is 2. The van der Waals surface area contributed by atoms with Gasteiger partial charge in [0.25, 0.3) is 5.69 Å². The highest BCUT2D eigenvalue weighted by molar-refractivity contribution is 6.12. The van der Waals surface area contributed by atoms with Crippen LogP contribution in [0.1, 0.15) is 50.6 Å². The van der Waals surface area contributed by atoms with Crippen LogP contribution in [0.5, 0.6) is 0 Å². The number of aromatic nitrogens is 1. The van der Waals surface area contributed by atoms with Crippen molar-refractivity contribution in [3.63, 3.8) is 0 Å². The molecule has 28 heavy (non-hydrogen) atoms. The maximum Gasteiger partial charge on any atom is 0.340 e. The fourth-order valence-electron chi connectivity index (χ4n) is 2.87. The van der Waals surface area contributed by atoms with Crippen LogP contribution in [0.25, 0.3) is 5.52 Å². The number of hydrogen-bond acceptors (Lipinski definition) is 6. The molecule has 8 heteroatoms. The second-order valence-corrected chi connectivity index (χ2v) is 6.03. The number of fused-ring (bicyclic) bond motifs is 1. The number of ether oxygens (including phenoxy) is 1. The SMILES string of the molecule is CCOC(=O)c1cc(C(=O)c2cccc([N+](=O)[O-])c2)n2ccc(C(C)=O)cc12. The van der Waals surface area contributed by atoms with Crippen LogP contribution >= 0.6 is 0 Å². The van der Waals surface area contributed by atoms with Gasteiger partial charge in [-0.15, -0.1) is 0 Å². The number of nitrogens with zero attached hydrogens (tertiary/aromatic N) is 2. The van der Waals surface area contributed by atoms with E-state index in [0.29, 0.717) is 11.1 Å². The van der Waals surface area contributed by atoms with Gasteiger partial charge in [-0.3, -0.25) is 19.7 Å². The third-order valence-corrected chi connectivity index (χ3v) is 4.23. The lowest BCUT2D eigenvalue weighted by atomic mass is 10.1. The van der Waals surface area contributed by atoms with Crippen molar-refractivity contribution in [1.29, 1.82) is 0 Å². The van der Waals surface area contributed by atoms with E-state index in [1.54, 1.807) is 6.92 Å². The summed E-state index contributed by atoms with van der Waals surface area (Å²) in [5, 5.41) is 11.0. The first-order valence-electron chi connectivity index (χ1n) is 8.45. The molecule has 3 rings (SSSR count). The second kappa shape index (κ2) is 7.43. The Morgan fingerprint density at radius 2 is 1.86 bits per heavy atom. The van der Waals surface area contributed by atoms with Crippen LogP contribution < -0.4 is 0 Å². The zero-order chi connectivity index (χ0) is 20.4. The van der Waals surface area contributed by atoms with Crippen molar-refractivity contribution < 1.29 is 24.0 Å². The molecule has 0 unspecified atom stereocenters. The van der Waals surface area contributed by atoms with Gasteiger partial charge < -0.3 is 9.14 Å². The molecule has 0 amide bonds. The molecule has 3 aromatic rings. The molecule has 0 saturated carbocycles. The molecule has 0 atom stereocenters. The molecule has 0 saturated heterocycles. The molecule has 2 heterocycles. The highest BCUT2D eigenvalue weighted by Gasteiger charge is 2.23. The van der Waals surface area contributed by atoms with Crippen LogP contribution in [-0.4, -0.2) is 33.5 Å². The summed E-state index contributed by atoms with van der Waals surface area (Å²) in [6, 6.07) is 9.77. The van der Waals surface area contributed by atoms with Gasteiger partial charge in [0.1, 0.15) is 0 Å². The zero-order valence-electron chi connectivity index (χ0n) is 15.2. The number of non-ortho nitro benzene ring substituents is 1. The molecule has 0 bridgehead atoms. The summed E-state index contributed by atoms with van der Waals surface area (Å²) in [7, 11) is 0. The van der Waals surface area contributed by atoms with Crippen molar-refractivity contribution in [2.75, 3.05) is 6.61 Å². The number of hydrogen-bond donors (Lipinski definition) is 0. The molecule has 0 fully saturated rings. The number of nitro groups is 1. The van der Waals surface area contributed by atoms with Gasteiger partial charge in [0.15, 0.2) is 5.78 Å². The monoisotopic (exact) mass is 380 g/mol. The molecule has 1 aromatic carbocycles. The molecule has 0 aliphatic rings. The average Bonchev–Trinajstić information content (AvgIpc) is 3.06. The van der Waals surface area contributed by atoms with E-state index in [1.807, 2.05) is 0 Å². The molecule has 0 radical (unpaired) electrons. The van der Waals surface area contributed by atoms with Gasteiger partial charge >= 0.3 is 5.97 Å². The molecule has 2 aromatic heterocycles. The fraction of sp³-hybridized carbons (Fsp3) is 0.150. The number of esters is 1. The molecule has 0 spiro atoms. The largest absolute Gasteiger partial charge is 0.462 e. The Bertz CT molecular complexity index is 1130. The second-order valence-electron chi connectivity index (χ2n) is 6.03. The number of pyridine rings is 1. The predicted molar refractivity (Wildman–Crippen MR) is 99.9 cm³/mol. The highest BCUT2D eigenvalue weighted by atomic mass is 16.6. The Morgan fingerprint density at radius 1 is 1.11 bits per heavy atom. The number of carbonyl (C=O) groups excluding carboxylic acids is 3. The average molecular weight is 380 g/mol. The Labute approximate surface area is 159 Å². The van der Waals surface area contributed by atoms with Crippen LogP contribution in [0.4, 0.5) is 5.69 Å². The van der Waals surface area contributed by atoms with E-state index in [1.165, 1.54) is 60.0 Å². The lowest BCUT2D eigenvalue weighted by molar-refractivity contribution is -0.384. The Kier molecular flexibility index (Phi) is 5.04. The number of carbonyl (C=O) groups is 3. The third kappa shape index (κ3) is 3.39. The molecular weight excluding hydrogens is 364 g/mol. The first-order chi connectivity index (χ1) is 13.3. The lowest BCUT2D eigenvalue weighted by Crippen LogP contribution is -2.06. The molecule has 0 N–H and O–H groups in total. The number of rotatable bonds is 6. The van der Waals surface area contributed by atoms with Crippen LogP contribution in [-0.2, 0) is 4.74 Å². The van der Waals surface area contributed by atoms with Crippen molar-refractivity contribution in [1.82, 2.24) is 4.40 Å². The lowest BCUT2D eigenvalue weighted by Gasteiger charge is -2.05. The van der Waals surface area contributed by atoms with Gasteiger partial charge in [-0.2, -0.15) is 0 Å². The van der Waals surface area contributed by atoms with Gasteiger partial charge in [0.2, 0.25) is 5.78 Å². The minimum Gasteiger partial charge on any atom is -0.462 e. The summed E-state index contributed by atoms with van der Waals surface area (Å²) < 4.78 is 6.52. The summed E-state index contributed by atoms with van der Waals surface area (Å²) in [5.74, 6) is -1.31. The first-order valence-corrected chi connectivity index (χ1v) is 8.45. The highest BCUT2D eigenvalue weighted by Crippen LogP contribution is 2.24. The van der Waals surface area contributed by atoms with E-state index in [2.05, 4.69) is 0 Å².